The van der Waals surface area contributed by atoms with Crippen LogP contribution in [0.1, 0.15) is 20.8 Å². The van der Waals surface area contributed by atoms with E-state index in [1.54, 1.807) is 13.3 Å². The molecule has 0 bridgehead atoms. The summed E-state index contributed by atoms with van der Waals surface area (Å²) in [5.41, 5.74) is 0.515. The van der Waals surface area contributed by atoms with E-state index in [1.807, 2.05) is 39.0 Å². The van der Waals surface area contributed by atoms with Crippen LogP contribution in [0.5, 0.6) is 11.5 Å². The van der Waals surface area contributed by atoms with Crippen LogP contribution in [0.25, 0.3) is 10.9 Å². The predicted octanol–water partition coefficient (Wildman–Crippen LogP) is 2.82. The molecule has 17 heavy (non-hydrogen) atoms. The Balaban J connectivity index is 2.51. The average molecular weight is 232 g/mol. The molecule has 4 heteroatoms. The molecule has 2 rings (SSSR count). The van der Waals surface area contributed by atoms with Gasteiger partial charge in [-0.25, -0.2) is 0 Å². The van der Waals surface area contributed by atoms with Gasteiger partial charge in [0.05, 0.1) is 13.3 Å². The fourth-order valence-electron chi connectivity index (χ4n) is 1.55. The molecule has 0 saturated heterocycles. The predicted molar refractivity (Wildman–Crippen MR) is 66.5 cm³/mol. The summed E-state index contributed by atoms with van der Waals surface area (Å²) in [7, 11) is 1.63. The maximum absolute atomic E-state index is 5.85. The Morgan fingerprint density at radius 3 is 2.59 bits per heavy atom. The van der Waals surface area contributed by atoms with Crippen LogP contribution in [0.2, 0.25) is 0 Å². The standard InChI is InChI=1S/C13H16N2O2/c1-13(2,3)17-12-8-14-15-11-7-9(16-4)5-6-10(11)12/h5-8H,1-4H3. The Morgan fingerprint density at radius 2 is 1.94 bits per heavy atom. The van der Waals surface area contributed by atoms with Gasteiger partial charge >= 0.3 is 0 Å². The van der Waals surface area contributed by atoms with Gasteiger partial charge < -0.3 is 9.47 Å². The van der Waals surface area contributed by atoms with E-state index in [0.717, 1.165) is 22.4 Å². The highest BCUT2D eigenvalue weighted by Gasteiger charge is 2.14. The number of nitrogens with zero attached hydrogens (tertiary/aromatic N) is 2. The minimum Gasteiger partial charge on any atom is -0.497 e. The van der Waals surface area contributed by atoms with E-state index in [9.17, 15) is 0 Å². The molecule has 0 aliphatic carbocycles. The summed E-state index contributed by atoms with van der Waals surface area (Å²) >= 11 is 0. The maximum atomic E-state index is 5.85. The van der Waals surface area contributed by atoms with Gasteiger partial charge in [-0.2, -0.15) is 10.2 Å². The summed E-state index contributed by atoms with van der Waals surface area (Å²) in [6.45, 7) is 6.01. The molecule has 0 N–H and O–H groups in total. The number of hydrogen-bond donors (Lipinski definition) is 0. The van der Waals surface area contributed by atoms with Crippen LogP contribution in [0, 0.1) is 0 Å². The van der Waals surface area contributed by atoms with Crippen LogP contribution in [-0.2, 0) is 0 Å². The lowest BCUT2D eigenvalue weighted by atomic mass is 10.1. The molecule has 0 saturated carbocycles. The summed E-state index contributed by atoms with van der Waals surface area (Å²) < 4.78 is 11.0. The Morgan fingerprint density at radius 1 is 1.18 bits per heavy atom. The van der Waals surface area contributed by atoms with Crippen LogP contribution >= 0.6 is 0 Å². The number of hydrogen-bond acceptors (Lipinski definition) is 4. The molecule has 0 aliphatic heterocycles. The van der Waals surface area contributed by atoms with Gasteiger partial charge in [-0.1, -0.05) is 0 Å². The van der Waals surface area contributed by atoms with Crippen molar-refractivity contribution in [1.82, 2.24) is 10.2 Å². The molecule has 0 radical (unpaired) electrons. The molecular weight excluding hydrogens is 216 g/mol. The third-order valence-electron chi connectivity index (χ3n) is 2.23. The van der Waals surface area contributed by atoms with Crippen molar-refractivity contribution in [2.24, 2.45) is 0 Å². The first-order chi connectivity index (χ1) is 7.99. The Labute approximate surface area is 101 Å². The molecule has 2 aromatic rings. The largest absolute Gasteiger partial charge is 0.497 e. The Bertz CT molecular complexity index is 532. The van der Waals surface area contributed by atoms with E-state index < -0.39 is 0 Å². The molecule has 0 atom stereocenters. The number of aromatic nitrogens is 2. The lowest BCUT2D eigenvalue weighted by Crippen LogP contribution is -2.23. The van der Waals surface area contributed by atoms with E-state index in [1.165, 1.54) is 0 Å². The lowest BCUT2D eigenvalue weighted by molar-refractivity contribution is 0.132. The highest BCUT2D eigenvalue weighted by Crippen LogP contribution is 2.28. The van der Waals surface area contributed by atoms with Gasteiger partial charge in [-0.15, -0.1) is 0 Å². The highest BCUT2D eigenvalue weighted by atomic mass is 16.5. The molecule has 0 unspecified atom stereocenters. The topological polar surface area (TPSA) is 44.2 Å². The quantitative estimate of drug-likeness (QED) is 0.798. The first-order valence-electron chi connectivity index (χ1n) is 5.48. The van der Waals surface area contributed by atoms with Crippen molar-refractivity contribution in [2.45, 2.75) is 26.4 Å². The van der Waals surface area contributed by atoms with E-state index >= 15 is 0 Å². The molecule has 1 aromatic carbocycles. The van der Waals surface area contributed by atoms with Gasteiger partial charge in [0.1, 0.15) is 22.6 Å². The molecule has 1 aromatic heterocycles. The first-order valence-corrected chi connectivity index (χ1v) is 5.48. The smallest absolute Gasteiger partial charge is 0.149 e. The van der Waals surface area contributed by atoms with Crippen molar-refractivity contribution in [1.29, 1.82) is 0 Å². The van der Waals surface area contributed by atoms with Gasteiger partial charge in [-0.05, 0) is 32.9 Å². The summed E-state index contributed by atoms with van der Waals surface area (Å²) in [6, 6.07) is 5.67. The van der Waals surface area contributed by atoms with Crippen LogP contribution in [-0.4, -0.2) is 22.9 Å². The monoisotopic (exact) mass is 232 g/mol. The minimum absolute atomic E-state index is 0.254. The fraction of sp³-hybridized carbons (Fsp3) is 0.385. The van der Waals surface area contributed by atoms with Crippen molar-refractivity contribution in [3.05, 3.63) is 24.4 Å². The summed E-state index contributed by atoms with van der Waals surface area (Å²) in [5.74, 6) is 1.50. The zero-order valence-electron chi connectivity index (χ0n) is 10.5. The van der Waals surface area contributed by atoms with E-state index in [0.29, 0.717) is 0 Å². The second-order valence-electron chi connectivity index (χ2n) is 4.81. The third kappa shape index (κ3) is 2.64. The normalized spacial score (nSPS) is 11.5. The Kier molecular flexibility index (Phi) is 2.88. The summed E-state index contributed by atoms with van der Waals surface area (Å²) in [4.78, 5) is 0. The molecule has 0 aliphatic rings. The number of rotatable bonds is 2. The van der Waals surface area contributed by atoms with Gasteiger partial charge in [0.2, 0.25) is 0 Å². The third-order valence-corrected chi connectivity index (χ3v) is 2.23. The first kappa shape index (κ1) is 11.6. The van der Waals surface area contributed by atoms with Crippen molar-refractivity contribution in [2.75, 3.05) is 7.11 Å². The van der Waals surface area contributed by atoms with Gasteiger partial charge in [0.15, 0.2) is 0 Å². The minimum atomic E-state index is -0.254. The SMILES string of the molecule is COc1ccc2c(OC(C)(C)C)cnnc2c1. The fourth-order valence-corrected chi connectivity index (χ4v) is 1.55. The zero-order chi connectivity index (χ0) is 12.5. The summed E-state index contributed by atoms with van der Waals surface area (Å²) in [5, 5.41) is 8.95. The molecule has 0 amide bonds. The van der Waals surface area contributed by atoms with Gasteiger partial charge in [0.25, 0.3) is 0 Å². The van der Waals surface area contributed by atoms with Crippen molar-refractivity contribution >= 4 is 10.9 Å². The number of benzene rings is 1. The van der Waals surface area contributed by atoms with E-state index in [-0.39, 0.29) is 5.60 Å². The molecule has 1 heterocycles. The van der Waals surface area contributed by atoms with Crippen LogP contribution in [0.3, 0.4) is 0 Å². The highest BCUT2D eigenvalue weighted by molar-refractivity contribution is 5.85. The molecule has 90 valence electrons. The van der Waals surface area contributed by atoms with E-state index in [4.69, 9.17) is 9.47 Å². The molecule has 4 nitrogen and oxygen atoms in total. The van der Waals surface area contributed by atoms with Crippen molar-refractivity contribution in [3.63, 3.8) is 0 Å². The lowest BCUT2D eigenvalue weighted by Gasteiger charge is -2.21. The second kappa shape index (κ2) is 4.20. The average Bonchev–Trinajstić information content (AvgIpc) is 2.26. The maximum Gasteiger partial charge on any atom is 0.149 e. The van der Waals surface area contributed by atoms with Gasteiger partial charge in [-0.3, -0.25) is 0 Å². The van der Waals surface area contributed by atoms with Crippen molar-refractivity contribution in [3.8, 4) is 11.5 Å². The van der Waals surface area contributed by atoms with Gasteiger partial charge in [0, 0.05) is 11.5 Å². The van der Waals surface area contributed by atoms with Crippen LogP contribution in [0.4, 0.5) is 0 Å². The van der Waals surface area contributed by atoms with Crippen LogP contribution < -0.4 is 9.47 Å². The molecule has 0 spiro atoms. The molecule has 0 fully saturated rings. The number of methoxy groups -OCH3 is 1. The Hall–Kier alpha value is -1.84. The van der Waals surface area contributed by atoms with Crippen LogP contribution in [0.15, 0.2) is 24.4 Å². The molecular formula is C13H16N2O2. The summed E-state index contributed by atoms with van der Waals surface area (Å²) in [6.07, 6.45) is 1.64. The second-order valence-corrected chi connectivity index (χ2v) is 4.81. The van der Waals surface area contributed by atoms with Crippen molar-refractivity contribution < 1.29 is 9.47 Å². The number of fused-ring (bicyclic) bond motifs is 1. The zero-order valence-corrected chi connectivity index (χ0v) is 10.5. The number of ether oxygens (including phenoxy) is 2. The van der Waals surface area contributed by atoms with E-state index in [2.05, 4.69) is 10.2 Å².